The van der Waals surface area contributed by atoms with Crippen molar-refractivity contribution < 1.29 is 4.42 Å². The summed E-state index contributed by atoms with van der Waals surface area (Å²) in [5, 5.41) is 0.666. The van der Waals surface area contributed by atoms with E-state index < -0.39 is 0 Å². The van der Waals surface area contributed by atoms with E-state index in [4.69, 9.17) is 4.42 Å². The molecular formula is C23H27N3O2. The Labute approximate surface area is 165 Å². The van der Waals surface area contributed by atoms with Crippen molar-refractivity contribution >= 4 is 11.0 Å². The lowest BCUT2D eigenvalue weighted by molar-refractivity contribution is 0.208. The number of fused-ring (bicyclic) bond motifs is 1. The lowest BCUT2D eigenvalue weighted by Crippen LogP contribution is -2.32. The summed E-state index contributed by atoms with van der Waals surface area (Å²) in [5.41, 5.74) is 1.48. The van der Waals surface area contributed by atoms with Gasteiger partial charge in [-0.1, -0.05) is 24.3 Å². The predicted octanol–water partition coefficient (Wildman–Crippen LogP) is 4.24. The van der Waals surface area contributed by atoms with Gasteiger partial charge in [-0.05, 0) is 43.7 Å². The van der Waals surface area contributed by atoms with Gasteiger partial charge in [-0.3, -0.25) is 9.69 Å². The minimum absolute atomic E-state index is 0.0880. The van der Waals surface area contributed by atoms with Gasteiger partial charge < -0.3 is 8.98 Å². The van der Waals surface area contributed by atoms with Crippen LogP contribution in [-0.4, -0.2) is 27.5 Å². The molecule has 1 aliphatic rings. The molecule has 2 aromatic heterocycles. The molecule has 0 aliphatic heterocycles. The van der Waals surface area contributed by atoms with Gasteiger partial charge in [0.1, 0.15) is 5.58 Å². The molecule has 0 saturated carbocycles. The Morgan fingerprint density at radius 1 is 1.25 bits per heavy atom. The Morgan fingerprint density at radius 3 is 3.00 bits per heavy atom. The van der Waals surface area contributed by atoms with E-state index in [-0.39, 0.29) is 5.43 Å². The van der Waals surface area contributed by atoms with Gasteiger partial charge in [0.2, 0.25) is 0 Å². The first-order chi connectivity index (χ1) is 13.8. The standard InChI is InChI=1S/C23H27N3O2/c27-23-20(17-28-22-10-5-4-9-21(22)23)16-26(15-19-7-2-1-3-8-19)13-6-12-25-14-11-24-18-25/h1-2,4-5,9-11,14,17-19H,3,6-8,12-13,15-16H2/t19-/m1/s1. The van der Waals surface area contributed by atoms with Crippen LogP contribution in [0, 0.1) is 5.92 Å². The third kappa shape index (κ3) is 4.60. The summed E-state index contributed by atoms with van der Waals surface area (Å²) in [7, 11) is 0. The fourth-order valence-electron chi connectivity index (χ4n) is 3.99. The number of allylic oxidation sites excluding steroid dienone is 2. The molecule has 0 bridgehead atoms. The normalized spacial score (nSPS) is 16.8. The summed E-state index contributed by atoms with van der Waals surface area (Å²) in [5.74, 6) is 0.658. The van der Waals surface area contributed by atoms with Crippen LogP contribution in [0.15, 0.2) is 70.6 Å². The van der Waals surface area contributed by atoms with Crippen molar-refractivity contribution in [3.63, 3.8) is 0 Å². The van der Waals surface area contributed by atoms with E-state index >= 15 is 0 Å². The van der Waals surface area contributed by atoms with Crippen molar-refractivity contribution in [2.75, 3.05) is 13.1 Å². The highest BCUT2D eigenvalue weighted by atomic mass is 16.3. The summed E-state index contributed by atoms with van der Waals surface area (Å²) < 4.78 is 7.83. The Bertz CT molecular complexity index is 975. The van der Waals surface area contributed by atoms with E-state index in [1.54, 1.807) is 6.26 Å². The van der Waals surface area contributed by atoms with Crippen LogP contribution in [0.2, 0.25) is 0 Å². The maximum absolute atomic E-state index is 12.9. The maximum atomic E-state index is 12.9. The van der Waals surface area contributed by atoms with E-state index in [2.05, 4.69) is 26.6 Å². The number of benzene rings is 1. The van der Waals surface area contributed by atoms with E-state index in [1.807, 2.05) is 43.0 Å². The van der Waals surface area contributed by atoms with Gasteiger partial charge >= 0.3 is 0 Å². The molecule has 5 heteroatoms. The summed E-state index contributed by atoms with van der Waals surface area (Å²) >= 11 is 0. The Morgan fingerprint density at radius 2 is 2.18 bits per heavy atom. The van der Waals surface area contributed by atoms with Gasteiger partial charge in [0.25, 0.3) is 0 Å². The molecule has 0 saturated heterocycles. The lowest BCUT2D eigenvalue weighted by atomic mass is 9.93. The smallest absolute Gasteiger partial charge is 0.197 e. The number of para-hydroxylation sites is 1. The number of aromatic nitrogens is 2. The highest BCUT2D eigenvalue weighted by molar-refractivity contribution is 5.76. The van der Waals surface area contributed by atoms with Crippen molar-refractivity contribution in [2.24, 2.45) is 5.92 Å². The summed E-state index contributed by atoms with van der Waals surface area (Å²) in [6, 6.07) is 7.47. The van der Waals surface area contributed by atoms with Crippen LogP contribution >= 0.6 is 0 Å². The van der Waals surface area contributed by atoms with E-state index in [0.29, 0.717) is 23.4 Å². The van der Waals surface area contributed by atoms with Gasteiger partial charge in [-0.2, -0.15) is 0 Å². The number of hydrogen-bond donors (Lipinski definition) is 0. The van der Waals surface area contributed by atoms with E-state index in [9.17, 15) is 4.79 Å². The van der Waals surface area contributed by atoms with Crippen molar-refractivity contribution in [1.29, 1.82) is 0 Å². The third-order valence-corrected chi connectivity index (χ3v) is 5.49. The second-order valence-electron chi connectivity index (χ2n) is 7.63. The Hall–Kier alpha value is -2.66. The maximum Gasteiger partial charge on any atom is 0.197 e. The second-order valence-corrected chi connectivity index (χ2v) is 7.63. The number of rotatable bonds is 8. The molecule has 3 aromatic rings. The first-order valence-electron chi connectivity index (χ1n) is 10.1. The van der Waals surface area contributed by atoms with Gasteiger partial charge in [0.05, 0.1) is 18.0 Å². The molecular weight excluding hydrogens is 350 g/mol. The highest BCUT2D eigenvalue weighted by Gasteiger charge is 2.17. The molecule has 0 N–H and O–H groups in total. The zero-order valence-electron chi connectivity index (χ0n) is 16.2. The molecule has 28 heavy (non-hydrogen) atoms. The highest BCUT2D eigenvalue weighted by Crippen LogP contribution is 2.20. The van der Waals surface area contributed by atoms with Crippen LogP contribution in [0.5, 0.6) is 0 Å². The molecule has 4 rings (SSSR count). The molecule has 2 heterocycles. The monoisotopic (exact) mass is 377 g/mol. The number of nitrogens with zero attached hydrogens (tertiary/aromatic N) is 3. The first kappa shape index (κ1) is 18.7. The number of aryl methyl sites for hydroxylation is 1. The van der Waals surface area contributed by atoms with E-state index in [1.165, 1.54) is 6.42 Å². The molecule has 0 amide bonds. The molecule has 0 spiro atoms. The van der Waals surface area contributed by atoms with Crippen molar-refractivity contribution in [3.05, 3.63) is 77.2 Å². The van der Waals surface area contributed by atoms with Gasteiger partial charge in [-0.25, -0.2) is 4.98 Å². The van der Waals surface area contributed by atoms with Crippen LogP contribution in [-0.2, 0) is 13.1 Å². The zero-order chi connectivity index (χ0) is 19.2. The summed E-state index contributed by atoms with van der Waals surface area (Å²) in [4.78, 5) is 19.4. The summed E-state index contributed by atoms with van der Waals surface area (Å²) in [6.45, 7) is 3.54. The van der Waals surface area contributed by atoms with Crippen molar-refractivity contribution in [2.45, 2.75) is 38.8 Å². The zero-order valence-corrected chi connectivity index (χ0v) is 16.2. The predicted molar refractivity (Wildman–Crippen MR) is 111 cm³/mol. The van der Waals surface area contributed by atoms with Crippen LogP contribution < -0.4 is 5.43 Å². The van der Waals surface area contributed by atoms with Crippen LogP contribution in [0.3, 0.4) is 0 Å². The minimum Gasteiger partial charge on any atom is -0.464 e. The van der Waals surface area contributed by atoms with Crippen LogP contribution in [0.25, 0.3) is 11.0 Å². The quantitative estimate of drug-likeness (QED) is 0.551. The molecule has 1 aromatic carbocycles. The van der Waals surface area contributed by atoms with Crippen molar-refractivity contribution in [3.8, 4) is 0 Å². The molecule has 146 valence electrons. The van der Waals surface area contributed by atoms with E-state index in [0.717, 1.165) is 44.5 Å². The minimum atomic E-state index is 0.0880. The average molecular weight is 377 g/mol. The van der Waals surface area contributed by atoms with Crippen molar-refractivity contribution in [1.82, 2.24) is 14.5 Å². The SMILES string of the molecule is O=c1c(CN(CCCn2ccnc2)C[C@@H]2CC=CCC2)coc2ccccc12. The molecule has 0 radical (unpaired) electrons. The van der Waals surface area contributed by atoms with Gasteiger partial charge in [0, 0.05) is 44.1 Å². The first-order valence-corrected chi connectivity index (χ1v) is 10.1. The lowest BCUT2D eigenvalue weighted by Gasteiger charge is -2.28. The number of hydrogen-bond acceptors (Lipinski definition) is 4. The average Bonchev–Trinajstić information content (AvgIpc) is 3.24. The van der Waals surface area contributed by atoms with Crippen LogP contribution in [0.4, 0.5) is 0 Å². The van der Waals surface area contributed by atoms with Gasteiger partial charge in [-0.15, -0.1) is 0 Å². The Balaban J connectivity index is 1.48. The van der Waals surface area contributed by atoms with Gasteiger partial charge in [0.15, 0.2) is 5.43 Å². The largest absolute Gasteiger partial charge is 0.464 e. The summed E-state index contributed by atoms with van der Waals surface area (Å²) in [6.07, 6.45) is 16.4. The number of imidazole rings is 1. The second kappa shape index (κ2) is 9.02. The third-order valence-electron chi connectivity index (χ3n) is 5.49. The molecule has 1 atom stereocenters. The molecule has 0 unspecified atom stereocenters. The fraction of sp³-hybridized carbons (Fsp3) is 0.391. The molecule has 0 fully saturated rings. The Kier molecular flexibility index (Phi) is 6.02. The molecule has 1 aliphatic carbocycles. The fourth-order valence-corrected chi connectivity index (χ4v) is 3.99. The van der Waals surface area contributed by atoms with Crippen LogP contribution in [0.1, 0.15) is 31.2 Å². The topological polar surface area (TPSA) is 51.3 Å². The molecule has 5 nitrogen and oxygen atoms in total.